The lowest BCUT2D eigenvalue weighted by Crippen LogP contribution is -2.12. The molecule has 0 aliphatic heterocycles. The average Bonchev–Trinajstić information content (AvgIpc) is 2.40. The smallest absolute Gasteiger partial charge is 0.314 e. The van der Waals surface area contributed by atoms with Gasteiger partial charge < -0.3 is 4.74 Å². The van der Waals surface area contributed by atoms with Gasteiger partial charge in [0.1, 0.15) is 11.9 Å². The minimum atomic E-state index is -1.22. The van der Waals surface area contributed by atoms with Crippen LogP contribution in [-0.2, 0) is 9.90 Å². The van der Waals surface area contributed by atoms with Crippen LogP contribution in [0.3, 0.4) is 0 Å². The molecule has 0 aliphatic carbocycles. The van der Waals surface area contributed by atoms with E-state index in [0.29, 0.717) is 16.3 Å². The van der Waals surface area contributed by atoms with E-state index in [1.54, 1.807) is 48.5 Å². The molecule has 2 rings (SSSR count). The molecule has 0 N–H and O–H groups in total. The number of rotatable bonds is 4. The molecule has 0 saturated carbocycles. The first-order valence-electron chi connectivity index (χ1n) is 5.83. The van der Waals surface area contributed by atoms with E-state index in [9.17, 15) is 9.90 Å². The summed E-state index contributed by atoms with van der Waals surface area (Å²) >= 11 is 5.91. The van der Waals surface area contributed by atoms with Gasteiger partial charge in [0, 0.05) is 10.6 Å². The van der Waals surface area contributed by atoms with Crippen LogP contribution in [0.4, 0.5) is 0 Å². The second-order valence-corrected chi connectivity index (χ2v) is 4.41. The van der Waals surface area contributed by atoms with Crippen molar-refractivity contribution < 1.29 is 14.6 Å². The summed E-state index contributed by atoms with van der Waals surface area (Å²) < 4.78 is 5.06. The molecular weight excluding hydrogens is 264 g/mol. The van der Waals surface area contributed by atoms with Crippen molar-refractivity contribution in [2.45, 2.75) is 12.5 Å². The molecular formula is C15H12ClO3. The summed E-state index contributed by atoms with van der Waals surface area (Å²) in [5, 5.41) is 12.3. The van der Waals surface area contributed by atoms with Gasteiger partial charge in [0.25, 0.3) is 0 Å². The molecule has 0 aliphatic rings. The Kier molecular flexibility index (Phi) is 4.55. The van der Waals surface area contributed by atoms with Crippen LogP contribution in [0.2, 0.25) is 5.02 Å². The van der Waals surface area contributed by atoms with Crippen molar-refractivity contribution in [1.29, 1.82) is 0 Å². The summed E-state index contributed by atoms with van der Waals surface area (Å²) in [6.45, 7) is 0. The van der Waals surface area contributed by atoms with Crippen molar-refractivity contribution in [3.8, 4) is 5.75 Å². The van der Waals surface area contributed by atoms with Crippen LogP contribution in [0, 0.1) is 0 Å². The lowest BCUT2D eigenvalue weighted by atomic mass is 10.1. The highest BCUT2D eigenvalue weighted by atomic mass is 35.5. The predicted molar refractivity (Wildman–Crippen MR) is 71.6 cm³/mol. The Balaban J connectivity index is 1.98. The Morgan fingerprint density at radius 1 is 1.05 bits per heavy atom. The molecule has 2 aromatic carbocycles. The van der Waals surface area contributed by atoms with E-state index in [0.717, 1.165) is 0 Å². The van der Waals surface area contributed by atoms with Crippen LogP contribution < -0.4 is 4.74 Å². The Morgan fingerprint density at radius 2 is 1.68 bits per heavy atom. The Labute approximate surface area is 116 Å². The van der Waals surface area contributed by atoms with Crippen LogP contribution in [0.15, 0.2) is 54.6 Å². The van der Waals surface area contributed by atoms with Crippen LogP contribution in [0.25, 0.3) is 0 Å². The molecule has 0 spiro atoms. The van der Waals surface area contributed by atoms with Crippen molar-refractivity contribution in [1.82, 2.24) is 0 Å². The number of benzene rings is 2. The molecule has 4 heteroatoms. The van der Waals surface area contributed by atoms with E-state index in [1.807, 2.05) is 6.07 Å². The maximum atomic E-state index is 12.0. The standard InChI is InChI=1S/C15H12ClO3/c16-13-9-5-4-8-12(13)14(17)10-15(18)19-11-6-2-1-3-7-11/h1-9,14H,10H2/t14-/m1/s1. The number of halogens is 1. The first-order chi connectivity index (χ1) is 9.16. The molecule has 0 saturated heterocycles. The van der Waals surface area contributed by atoms with E-state index >= 15 is 0 Å². The van der Waals surface area contributed by atoms with Crippen LogP contribution in [0.1, 0.15) is 18.1 Å². The van der Waals surface area contributed by atoms with Gasteiger partial charge in [-0.1, -0.05) is 48.0 Å². The highest BCUT2D eigenvalue weighted by Crippen LogP contribution is 2.25. The van der Waals surface area contributed by atoms with Gasteiger partial charge in [-0.2, -0.15) is 0 Å². The van der Waals surface area contributed by atoms with Crippen molar-refractivity contribution in [2.24, 2.45) is 0 Å². The topological polar surface area (TPSA) is 46.2 Å². The first kappa shape index (κ1) is 13.6. The third-order valence-corrected chi connectivity index (χ3v) is 2.92. The molecule has 1 radical (unpaired) electrons. The van der Waals surface area contributed by atoms with Crippen molar-refractivity contribution in [2.75, 3.05) is 0 Å². The quantitative estimate of drug-likeness (QED) is 0.629. The fraction of sp³-hybridized carbons (Fsp3) is 0.133. The Morgan fingerprint density at radius 3 is 2.37 bits per heavy atom. The molecule has 19 heavy (non-hydrogen) atoms. The molecule has 1 atom stereocenters. The van der Waals surface area contributed by atoms with Crippen molar-refractivity contribution >= 4 is 17.6 Å². The lowest BCUT2D eigenvalue weighted by Gasteiger charge is -2.10. The Hall–Kier alpha value is -1.84. The zero-order valence-electron chi connectivity index (χ0n) is 10.1. The van der Waals surface area contributed by atoms with E-state index in [1.165, 1.54) is 0 Å². The minimum Gasteiger partial charge on any atom is -0.426 e. The third kappa shape index (κ3) is 3.81. The summed E-state index contributed by atoms with van der Waals surface area (Å²) in [6.07, 6.45) is -1.47. The molecule has 0 aromatic heterocycles. The number of hydrogen-bond donors (Lipinski definition) is 0. The van der Waals surface area contributed by atoms with Crippen LogP contribution in [0.5, 0.6) is 5.75 Å². The number of carbonyl (C=O) groups excluding carboxylic acids is 1. The number of ether oxygens (including phenoxy) is 1. The van der Waals surface area contributed by atoms with Crippen molar-refractivity contribution in [3.05, 3.63) is 65.2 Å². The van der Waals surface area contributed by atoms with E-state index in [4.69, 9.17) is 16.3 Å². The highest BCUT2D eigenvalue weighted by Gasteiger charge is 2.18. The largest absolute Gasteiger partial charge is 0.426 e. The molecule has 97 valence electrons. The van der Waals surface area contributed by atoms with Gasteiger partial charge in [0.05, 0.1) is 6.42 Å². The SMILES string of the molecule is [O][C@H](CC(=O)Oc1ccccc1)c1ccccc1Cl. The van der Waals surface area contributed by atoms with Crippen molar-refractivity contribution in [3.63, 3.8) is 0 Å². The van der Waals surface area contributed by atoms with Gasteiger partial charge in [-0.15, -0.1) is 0 Å². The summed E-state index contributed by atoms with van der Waals surface area (Å²) in [5.41, 5.74) is 0.411. The molecule has 0 heterocycles. The van der Waals surface area contributed by atoms with Crippen LogP contribution >= 0.6 is 11.6 Å². The van der Waals surface area contributed by atoms with E-state index in [2.05, 4.69) is 0 Å². The minimum absolute atomic E-state index is 0.251. The number of para-hydroxylation sites is 1. The lowest BCUT2D eigenvalue weighted by molar-refractivity contribution is -0.137. The molecule has 0 unspecified atom stereocenters. The summed E-state index contributed by atoms with van der Waals surface area (Å²) in [4.78, 5) is 11.6. The molecule has 2 aromatic rings. The fourth-order valence-corrected chi connectivity index (χ4v) is 1.92. The number of hydrogen-bond acceptors (Lipinski definition) is 2. The second-order valence-electron chi connectivity index (χ2n) is 4.00. The van der Waals surface area contributed by atoms with E-state index < -0.39 is 12.1 Å². The van der Waals surface area contributed by atoms with Gasteiger partial charge in [0.2, 0.25) is 0 Å². The highest BCUT2D eigenvalue weighted by molar-refractivity contribution is 6.31. The maximum absolute atomic E-state index is 12.0. The molecule has 0 amide bonds. The fourth-order valence-electron chi connectivity index (χ4n) is 1.66. The summed E-state index contributed by atoms with van der Waals surface area (Å²) in [5.74, 6) is -0.134. The predicted octanol–water partition coefficient (Wildman–Crippen LogP) is 3.81. The number of carbonyl (C=O) groups is 1. The average molecular weight is 276 g/mol. The Bertz CT molecular complexity index is 554. The maximum Gasteiger partial charge on any atom is 0.314 e. The zero-order chi connectivity index (χ0) is 13.7. The van der Waals surface area contributed by atoms with Gasteiger partial charge >= 0.3 is 5.97 Å². The van der Waals surface area contributed by atoms with Gasteiger partial charge in [-0.25, -0.2) is 5.11 Å². The van der Waals surface area contributed by atoms with Gasteiger partial charge in [0.15, 0.2) is 0 Å². The molecule has 3 nitrogen and oxygen atoms in total. The monoisotopic (exact) mass is 275 g/mol. The van der Waals surface area contributed by atoms with E-state index in [-0.39, 0.29) is 6.42 Å². The summed E-state index contributed by atoms with van der Waals surface area (Å²) in [6, 6.07) is 15.4. The molecule has 0 fully saturated rings. The second kappa shape index (κ2) is 6.36. The molecule has 0 bridgehead atoms. The first-order valence-corrected chi connectivity index (χ1v) is 6.20. The van der Waals surface area contributed by atoms with Gasteiger partial charge in [-0.3, -0.25) is 4.79 Å². The third-order valence-electron chi connectivity index (χ3n) is 2.58. The zero-order valence-corrected chi connectivity index (χ0v) is 10.8. The van der Waals surface area contributed by atoms with Gasteiger partial charge in [-0.05, 0) is 18.2 Å². The number of esters is 1. The van der Waals surface area contributed by atoms with Crippen LogP contribution in [-0.4, -0.2) is 5.97 Å². The summed E-state index contributed by atoms with van der Waals surface area (Å²) in [7, 11) is 0. The normalized spacial score (nSPS) is 11.9.